The molecule has 0 N–H and O–H groups in total. The molecule has 1 saturated carbocycles. The van der Waals surface area contributed by atoms with Crippen molar-refractivity contribution in [2.75, 3.05) is 20.6 Å². The van der Waals surface area contributed by atoms with E-state index in [9.17, 15) is 4.79 Å². The van der Waals surface area contributed by atoms with Crippen LogP contribution in [0.4, 0.5) is 0 Å². The van der Waals surface area contributed by atoms with Crippen LogP contribution in [0.25, 0.3) is 6.08 Å². The fraction of sp³-hybridized carbons (Fsp3) is 0.438. The topological polar surface area (TPSA) is 20.3 Å². The SMILES string of the molecule is Cc1ccccc1/C=C1\CCC(CN(C)C)C1=O. The summed E-state index contributed by atoms with van der Waals surface area (Å²) >= 11 is 0. The van der Waals surface area contributed by atoms with Gasteiger partial charge in [0.2, 0.25) is 0 Å². The first kappa shape index (κ1) is 13.0. The zero-order chi connectivity index (χ0) is 13.1. The normalized spacial score (nSPS) is 22.1. The molecule has 1 aromatic rings. The van der Waals surface area contributed by atoms with E-state index in [-0.39, 0.29) is 5.92 Å². The van der Waals surface area contributed by atoms with Crippen molar-refractivity contribution in [2.45, 2.75) is 19.8 Å². The highest BCUT2D eigenvalue weighted by atomic mass is 16.1. The Morgan fingerprint density at radius 1 is 1.33 bits per heavy atom. The molecule has 18 heavy (non-hydrogen) atoms. The molecule has 1 aromatic carbocycles. The van der Waals surface area contributed by atoms with Crippen LogP contribution < -0.4 is 0 Å². The van der Waals surface area contributed by atoms with Crippen LogP contribution in [-0.2, 0) is 4.79 Å². The van der Waals surface area contributed by atoms with Crippen molar-refractivity contribution >= 4 is 11.9 Å². The number of rotatable bonds is 3. The molecule has 0 saturated heterocycles. The van der Waals surface area contributed by atoms with Gasteiger partial charge in [-0.15, -0.1) is 0 Å². The van der Waals surface area contributed by atoms with Gasteiger partial charge in [0.25, 0.3) is 0 Å². The molecular formula is C16H21NO. The van der Waals surface area contributed by atoms with E-state index in [1.54, 1.807) is 0 Å². The van der Waals surface area contributed by atoms with Gasteiger partial charge in [0.15, 0.2) is 5.78 Å². The van der Waals surface area contributed by atoms with Gasteiger partial charge in [0.05, 0.1) is 0 Å². The number of hydrogen-bond acceptors (Lipinski definition) is 2. The summed E-state index contributed by atoms with van der Waals surface area (Å²) in [5, 5.41) is 0. The number of benzene rings is 1. The first-order valence-corrected chi connectivity index (χ1v) is 6.53. The summed E-state index contributed by atoms with van der Waals surface area (Å²) in [6.45, 7) is 2.95. The molecule has 0 amide bonds. The summed E-state index contributed by atoms with van der Waals surface area (Å²) < 4.78 is 0. The highest BCUT2D eigenvalue weighted by Gasteiger charge is 2.29. The Labute approximate surface area is 109 Å². The molecule has 0 radical (unpaired) electrons. The van der Waals surface area contributed by atoms with E-state index in [0.717, 1.165) is 25.0 Å². The van der Waals surface area contributed by atoms with E-state index in [2.05, 4.69) is 30.0 Å². The van der Waals surface area contributed by atoms with Crippen LogP contribution in [0.3, 0.4) is 0 Å². The first-order valence-electron chi connectivity index (χ1n) is 6.53. The summed E-state index contributed by atoms with van der Waals surface area (Å²) in [5.74, 6) is 0.530. The molecule has 1 aliphatic carbocycles. The van der Waals surface area contributed by atoms with Crippen LogP contribution in [-0.4, -0.2) is 31.3 Å². The number of allylic oxidation sites excluding steroid dienone is 1. The fourth-order valence-corrected chi connectivity index (χ4v) is 2.54. The van der Waals surface area contributed by atoms with E-state index < -0.39 is 0 Å². The Kier molecular flexibility index (Phi) is 3.97. The van der Waals surface area contributed by atoms with Crippen LogP contribution in [0.5, 0.6) is 0 Å². The van der Waals surface area contributed by atoms with E-state index in [1.807, 2.05) is 26.2 Å². The van der Waals surface area contributed by atoms with Crippen molar-refractivity contribution in [3.63, 3.8) is 0 Å². The van der Waals surface area contributed by atoms with E-state index in [1.165, 1.54) is 11.1 Å². The molecule has 96 valence electrons. The Balaban J connectivity index is 2.16. The molecule has 0 bridgehead atoms. The van der Waals surface area contributed by atoms with Crippen molar-refractivity contribution in [3.8, 4) is 0 Å². The Hall–Kier alpha value is -1.41. The minimum Gasteiger partial charge on any atom is -0.309 e. The van der Waals surface area contributed by atoms with E-state index in [0.29, 0.717) is 5.78 Å². The Morgan fingerprint density at radius 2 is 2.06 bits per heavy atom. The average Bonchev–Trinajstić information content (AvgIpc) is 2.64. The maximum atomic E-state index is 12.3. The zero-order valence-corrected chi connectivity index (χ0v) is 11.4. The van der Waals surface area contributed by atoms with Crippen LogP contribution >= 0.6 is 0 Å². The second-order valence-electron chi connectivity index (χ2n) is 5.39. The Bertz CT molecular complexity index is 474. The van der Waals surface area contributed by atoms with Gasteiger partial charge >= 0.3 is 0 Å². The van der Waals surface area contributed by atoms with Gasteiger partial charge in [0.1, 0.15) is 0 Å². The lowest BCUT2D eigenvalue weighted by molar-refractivity contribution is -0.118. The van der Waals surface area contributed by atoms with Crippen molar-refractivity contribution in [2.24, 2.45) is 5.92 Å². The van der Waals surface area contributed by atoms with Crippen molar-refractivity contribution in [1.82, 2.24) is 4.90 Å². The maximum Gasteiger partial charge on any atom is 0.163 e. The molecule has 1 aliphatic rings. The third kappa shape index (κ3) is 2.88. The third-order valence-electron chi connectivity index (χ3n) is 3.55. The van der Waals surface area contributed by atoms with Crippen molar-refractivity contribution < 1.29 is 4.79 Å². The van der Waals surface area contributed by atoms with Gasteiger partial charge in [-0.3, -0.25) is 4.79 Å². The fourth-order valence-electron chi connectivity index (χ4n) is 2.54. The summed E-state index contributed by atoms with van der Waals surface area (Å²) in [7, 11) is 4.05. The minimum absolute atomic E-state index is 0.190. The molecular weight excluding hydrogens is 222 g/mol. The number of carbonyl (C=O) groups is 1. The van der Waals surface area contributed by atoms with Gasteiger partial charge in [-0.05, 0) is 56.6 Å². The standard InChI is InChI=1S/C16H21NO/c1-12-6-4-5-7-13(12)10-14-8-9-15(16(14)18)11-17(2)3/h4-7,10,15H,8-9,11H2,1-3H3/b14-10+. The number of Topliss-reactive ketones (excluding diaryl/α,β-unsaturated/α-hetero) is 1. The van der Waals surface area contributed by atoms with Crippen LogP contribution in [0.15, 0.2) is 29.8 Å². The van der Waals surface area contributed by atoms with Crippen molar-refractivity contribution in [1.29, 1.82) is 0 Å². The molecule has 1 unspecified atom stereocenters. The average molecular weight is 243 g/mol. The summed E-state index contributed by atoms with van der Waals surface area (Å²) in [6.07, 6.45) is 3.99. The molecule has 1 atom stereocenters. The second-order valence-corrected chi connectivity index (χ2v) is 5.39. The quantitative estimate of drug-likeness (QED) is 0.761. The van der Waals surface area contributed by atoms with Gasteiger partial charge in [-0.2, -0.15) is 0 Å². The third-order valence-corrected chi connectivity index (χ3v) is 3.55. The number of nitrogens with zero attached hydrogens (tertiary/aromatic N) is 1. The van der Waals surface area contributed by atoms with Gasteiger partial charge in [-0.1, -0.05) is 24.3 Å². The number of aryl methyl sites for hydroxylation is 1. The molecule has 2 rings (SSSR count). The highest BCUT2D eigenvalue weighted by Crippen LogP contribution is 2.29. The highest BCUT2D eigenvalue weighted by molar-refractivity contribution is 6.03. The molecule has 0 heterocycles. The van der Waals surface area contributed by atoms with E-state index >= 15 is 0 Å². The number of ketones is 1. The molecule has 0 spiro atoms. The van der Waals surface area contributed by atoms with Crippen LogP contribution in [0, 0.1) is 12.8 Å². The monoisotopic (exact) mass is 243 g/mol. The number of carbonyl (C=O) groups excluding carboxylic acids is 1. The summed E-state index contributed by atoms with van der Waals surface area (Å²) in [6, 6.07) is 8.22. The molecule has 0 aliphatic heterocycles. The molecule has 2 heteroatoms. The molecule has 2 nitrogen and oxygen atoms in total. The predicted molar refractivity (Wildman–Crippen MR) is 75.4 cm³/mol. The van der Waals surface area contributed by atoms with Crippen LogP contribution in [0.1, 0.15) is 24.0 Å². The van der Waals surface area contributed by atoms with Gasteiger partial charge < -0.3 is 4.90 Å². The van der Waals surface area contributed by atoms with Crippen LogP contribution in [0.2, 0.25) is 0 Å². The van der Waals surface area contributed by atoms with Gasteiger partial charge in [0, 0.05) is 12.5 Å². The zero-order valence-electron chi connectivity index (χ0n) is 11.4. The predicted octanol–water partition coefficient (Wildman–Crippen LogP) is 2.92. The number of hydrogen-bond donors (Lipinski definition) is 0. The lowest BCUT2D eigenvalue weighted by Crippen LogP contribution is -2.24. The van der Waals surface area contributed by atoms with Gasteiger partial charge in [-0.25, -0.2) is 0 Å². The maximum absolute atomic E-state index is 12.3. The lowest BCUT2D eigenvalue weighted by atomic mass is 10.0. The molecule has 0 aromatic heterocycles. The smallest absolute Gasteiger partial charge is 0.163 e. The summed E-state index contributed by atoms with van der Waals surface area (Å²) in [4.78, 5) is 14.4. The first-order chi connectivity index (χ1) is 8.58. The lowest BCUT2D eigenvalue weighted by Gasteiger charge is -2.13. The van der Waals surface area contributed by atoms with E-state index in [4.69, 9.17) is 0 Å². The van der Waals surface area contributed by atoms with Crippen molar-refractivity contribution in [3.05, 3.63) is 41.0 Å². The molecule has 1 fully saturated rings. The second kappa shape index (κ2) is 5.49. The summed E-state index contributed by atoms with van der Waals surface area (Å²) in [5.41, 5.74) is 3.40. The largest absolute Gasteiger partial charge is 0.309 e. The Morgan fingerprint density at radius 3 is 2.72 bits per heavy atom. The minimum atomic E-state index is 0.190.